The van der Waals surface area contributed by atoms with Crippen LogP contribution >= 0.6 is 0 Å². The molecule has 0 heterocycles. The molecule has 0 fully saturated rings. The lowest BCUT2D eigenvalue weighted by molar-refractivity contribution is 0.370. The summed E-state index contributed by atoms with van der Waals surface area (Å²) >= 11 is 0. The first-order valence-corrected chi connectivity index (χ1v) is 4.85. The molecule has 0 saturated carbocycles. The van der Waals surface area contributed by atoms with Crippen LogP contribution in [-0.4, -0.2) is 0 Å². The van der Waals surface area contributed by atoms with E-state index in [0.717, 1.165) is 0 Å². The molecule has 0 spiro atoms. The summed E-state index contributed by atoms with van der Waals surface area (Å²) in [5.41, 5.74) is 2.16. The van der Waals surface area contributed by atoms with Crippen molar-refractivity contribution in [3.63, 3.8) is 0 Å². The van der Waals surface area contributed by atoms with E-state index in [-0.39, 0.29) is 0 Å². The third-order valence-electron chi connectivity index (χ3n) is 2.79. The Morgan fingerprint density at radius 2 is 2.27 bits per heavy atom. The summed E-state index contributed by atoms with van der Waals surface area (Å²) in [6.07, 6.45) is 9.32. The molecule has 1 rings (SSSR count). The highest BCUT2D eigenvalue weighted by atomic mass is 14.3. The summed E-state index contributed by atoms with van der Waals surface area (Å²) in [4.78, 5) is 0. The van der Waals surface area contributed by atoms with E-state index in [4.69, 9.17) is 0 Å². The minimum Gasteiger partial charge on any atom is -0.0796 e. The fourth-order valence-electron chi connectivity index (χ4n) is 2.00. The Morgan fingerprint density at radius 3 is 2.73 bits per heavy atom. The molecule has 1 aliphatic rings. The predicted octanol–water partition coefficient (Wildman–Crippen LogP) is 3.92. The van der Waals surface area contributed by atoms with Crippen molar-refractivity contribution in [2.75, 3.05) is 0 Å². The standard InChI is InChI=1S/C11H20/c1-4-5-7-11(3)8-6-10(2)9-11/h9H,4-8H2,1-3H3. The van der Waals surface area contributed by atoms with Gasteiger partial charge in [-0.2, -0.15) is 0 Å². The second-order valence-corrected chi connectivity index (χ2v) is 4.25. The van der Waals surface area contributed by atoms with Gasteiger partial charge in [-0.25, -0.2) is 0 Å². The Morgan fingerprint density at radius 1 is 1.55 bits per heavy atom. The second kappa shape index (κ2) is 3.42. The van der Waals surface area contributed by atoms with Crippen LogP contribution in [0.5, 0.6) is 0 Å². The van der Waals surface area contributed by atoms with Crippen molar-refractivity contribution in [2.24, 2.45) is 5.41 Å². The highest BCUT2D eigenvalue weighted by Gasteiger charge is 2.25. The van der Waals surface area contributed by atoms with Gasteiger partial charge >= 0.3 is 0 Å². The molecule has 0 N–H and O–H groups in total. The maximum atomic E-state index is 2.49. The summed E-state index contributed by atoms with van der Waals surface area (Å²) in [7, 11) is 0. The van der Waals surface area contributed by atoms with Crippen LogP contribution in [0.25, 0.3) is 0 Å². The van der Waals surface area contributed by atoms with E-state index in [1.807, 2.05) is 0 Å². The highest BCUT2D eigenvalue weighted by Crippen LogP contribution is 2.39. The number of hydrogen-bond acceptors (Lipinski definition) is 0. The molecule has 0 aliphatic heterocycles. The van der Waals surface area contributed by atoms with Crippen LogP contribution < -0.4 is 0 Å². The van der Waals surface area contributed by atoms with Crippen LogP contribution in [0.4, 0.5) is 0 Å². The minimum atomic E-state index is 0.556. The van der Waals surface area contributed by atoms with E-state index in [1.165, 1.54) is 32.1 Å². The largest absolute Gasteiger partial charge is 0.0796 e. The van der Waals surface area contributed by atoms with Gasteiger partial charge in [0, 0.05) is 0 Å². The normalized spacial score (nSPS) is 30.6. The van der Waals surface area contributed by atoms with E-state index in [0.29, 0.717) is 5.41 Å². The first kappa shape index (κ1) is 8.83. The van der Waals surface area contributed by atoms with Crippen LogP contribution in [-0.2, 0) is 0 Å². The van der Waals surface area contributed by atoms with Gasteiger partial charge in [0.1, 0.15) is 0 Å². The fourth-order valence-corrected chi connectivity index (χ4v) is 2.00. The van der Waals surface area contributed by atoms with E-state index in [2.05, 4.69) is 26.8 Å². The number of unbranched alkanes of at least 4 members (excludes halogenated alkanes) is 1. The smallest absolute Gasteiger partial charge is 0.0141 e. The molecule has 0 bridgehead atoms. The van der Waals surface area contributed by atoms with Crippen LogP contribution in [0.1, 0.15) is 52.9 Å². The van der Waals surface area contributed by atoms with E-state index < -0.39 is 0 Å². The van der Waals surface area contributed by atoms with Crippen LogP contribution in [0.2, 0.25) is 0 Å². The average Bonchev–Trinajstić information content (AvgIpc) is 2.28. The maximum Gasteiger partial charge on any atom is -0.0141 e. The fraction of sp³-hybridized carbons (Fsp3) is 0.818. The van der Waals surface area contributed by atoms with Gasteiger partial charge in [0.05, 0.1) is 0 Å². The topological polar surface area (TPSA) is 0 Å². The van der Waals surface area contributed by atoms with Crippen molar-refractivity contribution in [1.29, 1.82) is 0 Å². The molecule has 0 radical (unpaired) electrons. The van der Waals surface area contributed by atoms with Crippen molar-refractivity contribution in [3.05, 3.63) is 11.6 Å². The predicted molar refractivity (Wildman–Crippen MR) is 50.6 cm³/mol. The van der Waals surface area contributed by atoms with Crippen molar-refractivity contribution >= 4 is 0 Å². The summed E-state index contributed by atoms with van der Waals surface area (Å²) in [6, 6.07) is 0. The molecule has 0 aromatic carbocycles. The Balaban J connectivity index is 2.42. The van der Waals surface area contributed by atoms with Crippen molar-refractivity contribution < 1.29 is 0 Å². The van der Waals surface area contributed by atoms with Gasteiger partial charge in [-0.3, -0.25) is 0 Å². The Kier molecular flexibility index (Phi) is 2.75. The summed E-state index contributed by atoms with van der Waals surface area (Å²) in [5.74, 6) is 0. The van der Waals surface area contributed by atoms with Crippen molar-refractivity contribution in [1.82, 2.24) is 0 Å². The average molecular weight is 152 g/mol. The van der Waals surface area contributed by atoms with Gasteiger partial charge in [0.15, 0.2) is 0 Å². The van der Waals surface area contributed by atoms with Gasteiger partial charge < -0.3 is 0 Å². The summed E-state index contributed by atoms with van der Waals surface area (Å²) in [6.45, 7) is 6.94. The third-order valence-corrected chi connectivity index (χ3v) is 2.79. The van der Waals surface area contributed by atoms with Gasteiger partial charge in [-0.15, -0.1) is 0 Å². The lowest BCUT2D eigenvalue weighted by Crippen LogP contribution is -2.08. The van der Waals surface area contributed by atoms with Gasteiger partial charge in [-0.05, 0) is 31.6 Å². The molecule has 0 saturated heterocycles. The zero-order chi connectivity index (χ0) is 8.32. The lowest BCUT2D eigenvalue weighted by atomic mass is 9.85. The summed E-state index contributed by atoms with van der Waals surface area (Å²) in [5, 5.41) is 0. The quantitative estimate of drug-likeness (QED) is 0.538. The van der Waals surface area contributed by atoms with Crippen LogP contribution in [0.15, 0.2) is 11.6 Å². The zero-order valence-electron chi connectivity index (χ0n) is 8.11. The molecule has 0 heteroatoms. The highest BCUT2D eigenvalue weighted by molar-refractivity contribution is 5.13. The molecule has 1 aliphatic carbocycles. The first-order valence-electron chi connectivity index (χ1n) is 4.85. The Bertz CT molecular complexity index is 155. The van der Waals surface area contributed by atoms with Gasteiger partial charge in [0.2, 0.25) is 0 Å². The number of allylic oxidation sites excluding steroid dienone is 2. The molecule has 1 unspecified atom stereocenters. The lowest BCUT2D eigenvalue weighted by Gasteiger charge is -2.20. The van der Waals surface area contributed by atoms with Crippen LogP contribution in [0, 0.1) is 5.41 Å². The monoisotopic (exact) mass is 152 g/mol. The molecular weight excluding hydrogens is 132 g/mol. The van der Waals surface area contributed by atoms with E-state index in [9.17, 15) is 0 Å². The van der Waals surface area contributed by atoms with Gasteiger partial charge in [0.25, 0.3) is 0 Å². The molecular formula is C11H20. The van der Waals surface area contributed by atoms with Crippen molar-refractivity contribution in [2.45, 2.75) is 52.9 Å². The minimum absolute atomic E-state index is 0.556. The SMILES string of the molecule is CCCCC1(C)C=C(C)CC1. The van der Waals surface area contributed by atoms with Crippen molar-refractivity contribution in [3.8, 4) is 0 Å². The van der Waals surface area contributed by atoms with E-state index in [1.54, 1.807) is 5.57 Å². The summed E-state index contributed by atoms with van der Waals surface area (Å²) < 4.78 is 0. The molecule has 11 heavy (non-hydrogen) atoms. The molecule has 1 atom stereocenters. The second-order valence-electron chi connectivity index (χ2n) is 4.25. The van der Waals surface area contributed by atoms with Crippen LogP contribution in [0.3, 0.4) is 0 Å². The molecule has 0 nitrogen and oxygen atoms in total. The molecule has 0 aromatic rings. The third kappa shape index (κ3) is 2.36. The number of hydrogen-bond donors (Lipinski definition) is 0. The molecule has 0 aromatic heterocycles. The van der Waals surface area contributed by atoms with Gasteiger partial charge in [-0.1, -0.05) is 38.3 Å². The van der Waals surface area contributed by atoms with E-state index >= 15 is 0 Å². The maximum absolute atomic E-state index is 2.49. The molecule has 64 valence electrons. The first-order chi connectivity index (χ1) is 5.16. The molecule has 0 amide bonds. The Labute approximate surface area is 70.7 Å². The Hall–Kier alpha value is -0.260. The zero-order valence-corrected chi connectivity index (χ0v) is 8.11. The number of rotatable bonds is 3.